The normalized spacial score (nSPS) is 14.8. The Morgan fingerprint density at radius 2 is 1.85 bits per heavy atom. The number of nitrogens with one attached hydrogen (secondary N) is 1. The van der Waals surface area contributed by atoms with E-state index in [9.17, 15) is 13.2 Å². The summed E-state index contributed by atoms with van der Waals surface area (Å²) >= 11 is 0. The highest BCUT2D eigenvalue weighted by Crippen LogP contribution is 2.17. The van der Waals surface area contributed by atoms with E-state index in [0.29, 0.717) is 13.2 Å². The molecule has 0 bridgehead atoms. The highest BCUT2D eigenvalue weighted by molar-refractivity contribution is 7.89. The lowest BCUT2D eigenvalue weighted by Crippen LogP contribution is -2.36. The van der Waals surface area contributed by atoms with Gasteiger partial charge in [0.15, 0.2) is 0 Å². The van der Waals surface area contributed by atoms with Crippen molar-refractivity contribution in [3.63, 3.8) is 0 Å². The maximum Gasteiger partial charge on any atom is 0.337 e. The molecule has 0 spiro atoms. The molecular weight excluding hydrogens is 368 g/mol. The lowest BCUT2D eigenvalue weighted by Gasteiger charge is -2.28. The molecule has 1 fully saturated rings. The maximum absolute atomic E-state index is 12.5. The van der Waals surface area contributed by atoms with Crippen LogP contribution in [0.2, 0.25) is 0 Å². The topological polar surface area (TPSA) is 84.9 Å². The molecule has 1 aliphatic heterocycles. The number of hydrogen-bond acceptors (Lipinski definition) is 6. The molecular formula is C19H22N2O5S. The third kappa shape index (κ3) is 4.85. The number of ether oxygens (including phenoxy) is 2. The second-order valence-electron chi connectivity index (χ2n) is 6.11. The number of methoxy groups -OCH3 is 1. The summed E-state index contributed by atoms with van der Waals surface area (Å²) in [5.74, 6) is -0.578. The van der Waals surface area contributed by atoms with Crippen LogP contribution in [0.5, 0.6) is 0 Å². The van der Waals surface area contributed by atoms with Gasteiger partial charge in [0.25, 0.3) is 0 Å². The van der Waals surface area contributed by atoms with Crippen molar-refractivity contribution in [3.8, 4) is 0 Å². The highest BCUT2D eigenvalue weighted by Gasteiger charge is 2.17. The summed E-state index contributed by atoms with van der Waals surface area (Å²) in [4.78, 5) is 13.8. The Hall–Kier alpha value is -2.42. The van der Waals surface area contributed by atoms with Crippen LogP contribution in [0.25, 0.3) is 0 Å². The van der Waals surface area contributed by atoms with Crippen LogP contribution in [-0.2, 0) is 26.0 Å². The Bertz CT molecular complexity index is 891. The van der Waals surface area contributed by atoms with Gasteiger partial charge in [-0.3, -0.25) is 0 Å². The fourth-order valence-electron chi connectivity index (χ4n) is 2.82. The molecule has 27 heavy (non-hydrogen) atoms. The number of carbonyl (C=O) groups is 1. The first-order chi connectivity index (χ1) is 13.0. The molecule has 0 atom stereocenters. The van der Waals surface area contributed by atoms with Crippen molar-refractivity contribution in [2.45, 2.75) is 11.4 Å². The van der Waals surface area contributed by atoms with E-state index in [4.69, 9.17) is 4.74 Å². The van der Waals surface area contributed by atoms with E-state index in [1.807, 2.05) is 24.3 Å². The van der Waals surface area contributed by atoms with E-state index in [1.54, 1.807) is 0 Å². The van der Waals surface area contributed by atoms with E-state index in [1.165, 1.54) is 31.4 Å². The molecule has 2 aromatic carbocycles. The van der Waals surface area contributed by atoms with Crippen molar-refractivity contribution >= 4 is 21.7 Å². The van der Waals surface area contributed by atoms with E-state index in [-0.39, 0.29) is 17.0 Å². The number of rotatable bonds is 6. The molecule has 8 heteroatoms. The lowest BCUT2D eigenvalue weighted by atomic mass is 10.2. The second kappa shape index (κ2) is 8.51. The largest absolute Gasteiger partial charge is 0.465 e. The molecule has 1 aliphatic rings. The summed E-state index contributed by atoms with van der Waals surface area (Å²) in [5.41, 5.74) is 2.13. The van der Waals surface area contributed by atoms with Gasteiger partial charge in [0.05, 0.1) is 30.8 Å². The molecule has 1 heterocycles. The summed E-state index contributed by atoms with van der Waals surface area (Å²) in [6.07, 6.45) is 0. The average molecular weight is 390 g/mol. The van der Waals surface area contributed by atoms with Crippen molar-refractivity contribution in [2.75, 3.05) is 38.3 Å². The number of carbonyl (C=O) groups excluding carboxylic acids is 1. The lowest BCUT2D eigenvalue weighted by molar-refractivity contribution is 0.0600. The molecule has 144 valence electrons. The number of hydrogen-bond donors (Lipinski definition) is 1. The zero-order valence-corrected chi connectivity index (χ0v) is 15.9. The predicted octanol–water partition coefficient (Wildman–Crippen LogP) is 1.79. The van der Waals surface area contributed by atoms with Crippen LogP contribution in [0, 0.1) is 0 Å². The number of nitrogens with zero attached hydrogens (tertiary/aromatic N) is 1. The zero-order valence-electron chi connectivity index (χ0n) is 15.1. The number of anilines is 1. The van der Waals surface area contributed by atoms with E-state index < -0.39 is 16.0 Å². The monoisotopic (exact) mass is 390 g/mol. The predicted molar refractivity (Wildman–Crippen MR) is 101 cm³/mol. The van der Waals surface area contributed by atoms with Crippen molar-refractivity contribution in [1.29, 1.82) is 0 Å². The van der Waals surface area contributed by atoms with Crippen LogP contribution in [0.3, 0.4) is 0 Å². The molecule has 7 nitrogen and oxygen atoms in total. The van der Waals surface area contributed by atoms with E-state index >= 15 is 0 Å². The number of morpholine rings is 1. The molecule has 1 N–H and O–H groups in total. The Labute approximate surface area is 158 Å². The van der Waals surface area contributed by atoms with Gasteiger partial charge in [-0.2, -0.15) is 0 Å². The summed E-state index contributed by atoms with van der Waals surface area (Å²) in [6.45, 7) is 3.29. The standard InChI is InChI=1S/C19H22N2O5S/c1-25-19(22)16-3-2-4-18(13-16)27(23,24)20-14-15-5-7-17(8-6-15)21-9-11-26-12-10-21/h2-8,13,20H,9-12,14H2,1H3. The minimum absolute atomic E-state index is 0.0235. The van der Waals surface area contributed by atoms with Gasteiger partial charge in [0.2, 0.25) is 10.0 Å². The molecule has 0 unspecified atom stereocenters. The smallest absolute Gasteiger partial charge is 0.337 e. The third-order valence-corrected chi connectivity index (χ3v) is 5.74. The first-order valence-corrected chi connectivity index (χ1v) is 10.1. The van der Waals surface area contributed by atoms with Crippen LogP contribution in [-0.4, -0.2) is 47.8 Å². The summed E-state index contributed by atoms with van der Waals surface area (Å²) < 4.78 is 37.5. The summed E-state index contributed by atoms with van der Waals surface area (Å²) in [5, 5.41) is 0. The molecule has 0 amide bonds. The van der Waals surface area contributed by atoms with Gasteiger partial charge in [-0.15, -0.1) is 0 Å². The van der Waals surface area contributed by atoms with Crippen LogP contribution in [0.4, 0.5) is 5.69 Å². The van der Waals surface area contributed by atoms with Gasteiger partial charge < -0.3 is 14.4 Å². The first-order valence-electron chi connectivity index (χ1n) is 8.59. The quantitative estimate of drug-likeness (QED) is 0.757. The van der Waals surface area contributed by atoms with E-state index in [2.05, 4.69) is 14.4 Å². The van der Waals surface area contributed by atoms with Crippen LogP contribution in [0.1, 0.15) is 15.9 Å². The molecule has 1 saturated heterocycles. The van der Waals surface area contributed by atoms with Gasteiger partial charge in [-0.25, -0.2) is 17.9 Å². The van der Waals surface area contributed by atoms with Crippen molar-refractivity contribution in [2.24, 2.45) is 0 Å². The maximum atomic E-state index is 12.5. The molecule has 0 aromatic heterocycles. The Balaban J connectivity index is 1.65. The molecule has 3 rings (SSSR count). The summed E-state index contributed by atoms with van der Waals surface area (Å²) in [6, 6.07) is 13.5. The first kappa shape index (κ1) is 19.3. The highest BCUT2D eigenvalue weighted by atomic mass is 32.2. The Morgan fingerprint density at radius 1 is 1.15 bits per heavy atom. The second-order valence-corrected chi connectivity index (χ2v) is 7.88. The molecule has 0 aliphatic carbocycles. The number of benzene rings is 2. The van der Waals surface area contributed by atoms with Gasteiger partial charge >= 0.3 is 5.97 Å². The van der Waals surface area contributed by atoms with Gasteiger partial charge in [0, 0.05) is 25.3 Å². The molecule has 2 aromatic rings. The minimum atomic E-state index is -3.74. The van der Waals surface area contributed by atoms with E-state index in [0.717, 1.165) is 24.3 Å². The van der Waals surface area contributed by atoms with Crippen LogP contribution >= 0.6 is 0 Å². The number of sulfonamides is 1. The van der Waals surface area contributed by atoms with Crippen molar-refractivity contribution in [1.82, 2.24) is 4.72 Å². The summed E-state index contributed by atoms with van der Waals surface area (Å²) in [7, 11) is -2.49. The zero-order chi connectivity index (χ0) is 19.3. The fraction of sp³-hybridized carbons (Fsp3) is 0.316. The number of esters is 1. The molecule has 0 radical (unpaired) electrons. The van der Waals surface area contributed by atoms with Crippen molar-refractivity contribution in [3.05, 3.63) is 59.7 Å². The van der Waals surface area contributed by atoms with Gasteiger partial charge in [-0.05, 0) is 35.9 Å². The Morgan fingerprint density at radius 3 is 2.52 bits per heavy atom. The van der Waals surface area contributed by atoms with Crippen LogP contribution < -0.4 is 9.62 Å². The van der Waals surface area contributed by atoms with Crippen LogP contribution in [0.15, 0.2) is 53.4 Å². The fourth-order valence-corrected chi connectivity index (χ4v) is 3.88. The third-order valence-electron chi connectivity index (χ3n) is 4.34. The average Bonchev–Trinajstić information content (AvgIpc) is 2.73. The van der Waals surface area contributed by atoms with Crippen molar-refractivity contribution < 1.29 is 22.7 Å². The van der Waals surface area contributed by atoms with Gasteiger partial charge in [0.1, 0.15) is 0 Å². The van der Waals surface area contributed by atoms with Gasteiger partial charge in [-0.1, -0.05) is 18.2 Å². The minimum Gasteiger partial charge on any atom is -0.465 e. The molecule has 0 saturated carbocycles. The Kier molecular flexibility index (Phi) is 6.10. The SMILES string of the molecule is COC(=O)c1cccc(S(=O)(=O)NCc2ccc(N3CCOCC3)cc2)c1.